The molecule has 1 aliphatic rings. The molecule has 1 N–H and O–H groups in total. The second-order valence-corrected chi connectivity index (χ2v) is 9.73. The van der Waals surface area contributed by atoms with Crippen LogP contribution in [0.2, 0.25) is 0 Å². The van der Waals surface area contributed by atoms with Gasteiger partial charge in [-0.1, -0.05) is 32.0 Å². The van der Waals surface area contributed by atoms with Gasteiger partial charge in [0.15, 0.2) is 11.5 Å². The summed E-state index contributed by atoms with van der Waals surface area (Å²) in [6.07, 6.45) is 0. The van der Waals surface area contributed by atoms with E-state index in [9.17, 15) is 14.7 Å². The van der Waals surface area contributed by atoms with Crippen LogP contribution in [0.15, 0.2) is 66.2 Å². The minimum atomic E-state index is -0.865. The first-order chi connectivity index (χ1) is 19.2. The lowest BCUT2D eigenvalue weighted by molar-refractivity contribution is -0.140. The molecule has 0 aliphatic carbocycles. The van der Waals surface area contributed by atoms with E-state index in [0.29, 0.717) is 40.7 Å². The van der Waals surface area contributed by atoms with Crippen LogP contribution in [-0.2, 0) is 16.1 Å². The molecule has 1 saturated heterocycles. The highest BCUT2D eigenvalue weighted by Gasteiger charge is 2.46. The largest absolute Gasteiger partial charge is 0.507 e. The topological polar surface area (TPSA) is 94.5 Å². The summed E-state index contributed by atoms with van der Waals surface area (Å²) in [6, 6.07) is 16.9. The number of benzene rings is 3. The first-order valence-electron chi connectivity index (χ1n) is 13.1. The Morgan fingerprint density at radius 3 is 2.15 bits per heavy atom. The third kappa shape index (κ3) is 5.47. The second-order valence-electron chi connectivity index (χ2n) is 9.73. The Balaban J connectivity index is 1.89. The first-order valence-corrected chi connectivity index (χ1v) is 13.1. The molecule has 4 rings (SSSR count). The van der Waals surface area contributed by atoms with Gasteiger partial charge in [-0.2, -0.15) is 0 Å². The van der Waals surface area contributed by atoms with Gasteiger partial charge in [0, 0.05) is 12.1 Å². The summed E-state index contributed by atoms with van der Waals surface area (Å²) >= 11 is 0. The van der Waals surface area contributed by atoms with Crippen molar-refractivity contribution in [2.24, 2.45) is 0 Å². The second kappa shape index (κ2) is 12.2. The van der Waals surface area contributed by atoms with Crippen molar-refractivity contribution in [3.63, 3.8) is 0 Å². The van der Waals surface area contributed by atoms with Crippen LogP contribution >= 0.6 is 0 Å². The van der Waals surface area contributed by atoms with Crippen molar-refractivity contribution in [2.75, 3.05) is 27.9 Å². The molecule has 0 bridgehead atoms. The Kier molecular flexibility index (Phi) is 8.67. The summed E-state index contributed by atoms with van der Waals surface area (Å²) in [5.74, 6) is 0.737. The van der Waals surface area contributed by atoms with Gasteiger partial charge in [-0.25, -0.2) is 0 Å². The van der Waals surface area contributed by atoms with E-state index in [0.717, 1.165) is 11.1 Å². The molecule has 3 aromatic carbocycles. The number of carbonyl (C=O) groups is 2. The summed E-state index contributed by atoms with van der Waals surface area (Å²) < 4.78 is 21.9. The van der Waals surface area contributed by atoms with Gasteiger partial charge in [0.1, 0.15) is 17.3 Å². The fraction of sp³-hybridized carbons (Fsp3) is 0.312. The fourth-order valence-electron chi connectivity index (χ4n) is 4.93. The Hall–Kier alpha value is -4.46. The Morgan fingerprint density at radius 1 is 0.875 bits per heavy atom. The molecular formula is C32H35NO7. The number of ketones is 1. The molecule has 1 amide bonds. The highest BCUT2D eigenvalue weighted by atomic mass is 16.5. The summed E-state index contributed by atoms with van der Waals surface area (Å²) in [5, 5.41) is 11.6. The monoisotopic (exact) mass is 545 g/mol. The number of hydrogen-bond acceptors (Lipinski definition) is 7. The number of Topliss-reactive ketones (excluding diaryl/α,β-unsaturated/α-hetero) is 1. The van der Waals surface area contributed by atoms with Crippen LogP contribution in [0, 0.1) is 0 Å². The number of amides is 1. The van der Waals surface area contributed by atoms with E-state index in [2.05, 4.69) is 0 Å². The van der Waals surface area contributed by atoms with Crippen molar-refractivity contribution in [2.45, 2.75) is 39.3 Å². The lowest BCUT2D eigenvalue weighted by Gasteiger charge is -2.26. The molecule has 8 nitrogen and oxygen atoms in total. The number of methoxy groups -OCH3 is 3. The minimum Gasteiger partial charge on any atom is -0.507 e. The number of nitrogens with zero attached hydrogens (tertiary/aromatic N) is 1. The van der Waals surface area contributed by atoms with Crippen LogP contribution in [-0.4, -0.2) is 49.6 Å². The molecule has 0 spiro atoms. The van der Waals surface area contributed by atoms with Crippen molar-refractivity contribution in [3.8, 4) is 23.0 Å². The third-order valence-corrected chi connectivity index (χ3v) is 6.98. The van der Waals surface area contributed by atoms with E-state index in [1.54, 1.807) is 49.6 Å². The fourth-order valence-corrected chi connectivity index (χ4v) is 4.93. The smallest absolute Gasteiger partial charge is 0.295 e. The van der Waals surface area contributed by atoms with Crippen molar-refractivity contribution in [1.82, 2.24) is 4.90 Å². The lowest BCUT2D eigenvalue weighted by atomic mass is 9.93. The molecule has 0 radical (unpaired) electrons. The van der Waals surface area contributed by atoms with Gasteiger partial charge in [-0.15, -0.1) is 0 Å². The number of rotatable bonds is 10. The van der Waals surface area contributed by atoms with E-state index < -0.39 is 17.7 Å². The van der Waals surface area contributed by atoms with Crippen molar-refractivity contribution in [3.05, 3.63) is 88.5 Å². The molecule has 40 heavy (non-hydrogen) atoms. The van der Waals surface area contributed by atoms with Crippen molar-refractivity contribution < 1.29 is 33.6 Å². The van der Waals surface area contributed by atoms with Crippen LogP contribution in [0.3, 0.4) is 0 Å². The van der Waals surface area contributed by atoms with Gasteiger partial charge in [0.25, 0.3) is 11.7 Å². The van der Waals surface area contributed by atoms with Crippen molar-refractivity contribution in [1.29, 1.82) is 0 Å². The maximum absolute atomic E-state index is 13.6. The summed E-state index contributed by atoms with van der Waals surface area (Å²) in [6.45, 7) is 6.61. The standard InChI is InChI=1S/C32H35NO7/c1-7-40-25-14-11-22(16-24(25)19(2)3)30(34)28-29(21-10-15-26(38-5)27(17-21)39-6)33(32(36)31(28)35)18-20-8-12-23(37-4)13-9-20/h8-17,19,29,34H,7,18H2,1-6H3/b30-28+. The molecule has 210 valence electrons. The number of aliphatic hydroxyl groups excluding tert-OH is 1. The number of aliphatic hydroxyl groups is 1. The van der Waals surface area contributed by atoms with Crippen LogP contribution in [0.4, 0.5) is 0 Å². The molecule has 1 fully saturated rings. The van der Waals surface area contributed by atoms with Gasteiger partial charge in [-0.3, -0.25) is 9.59 Å². The van der Waals surface area contributed by atoms with Crippen LogP contribution < -0.4 is 18.9 Å². The van der Waals surface area contributed by atoms with Gasteiger partial charge < -0.3 is 29.0 Å². The van der Waals surface area contributed by atoms with Crippen LogP contribution in [0.5, 0.6) is 23.0 Å². The van der Waals surface area contributed by atoms with Gasteiger partial charge >= 0.3 is 0 Å². The average Bonchev–Trinajstić information content (AvgIpc) is 3.21. The Morgan fingerprint density at radius 2 is 1.55 bits per heavy atom. The molecule has 1 unspecified atom stereocenters. The number of hydrogen-bond donors (Lipinski definition) is 1. The minimum absolute atomic E-state index is 0.00426. The van der Waals surface area contributed by atoms with Crippen LogP contribution in [0.1, 0.15) is 55.0 Å². The van der Waals surface area contributed by atoms with E-state index in [1.165, 1.54) is 19.1 Å². The maximum Gasteiger partial charge on any atom is 0.295 e. The van der Waals surface area contributed by atoms with Gasteiger partial charge in [0.2, 0.25) is 0 Å². The zero-order valence-electron chi connectivity index (χ0n) is 23.7. The molecular weight excluding hydrogens is 510 g/mol. The van der Waals surface area contributed by atoms with Crippen molar-refractivity contribution >= 4 is 17.4 Å². The van der Waals surface area contributed by atoms with E-state index >= 15 is 0 Å². The summed E-state index contributed by atoms with van der Waals surface area (Å²) in [5.41, 5.74) is 2.73. The molecule has 8 heteroatoms. The number of carbonyl (C=O) groups excluding carboxylic acids is 2. The van der Waals surface area contributed by atoms with E-state index in [-0.39, 0.29) is 23.8 Å². The van der Waals surface area contributed by atoms with E-state index in [4.69, 9.17) is 18.9 Å². The quantitative estimate of drug-likeness (QED) is 0.194. The molecule has 1 heterocycles. The predicted octanol–water partition coefficient (Wildman–Crippen LogP) is 5.86. The summed E-state index contributed by atoms with van der Waals surface area (Å²) in [7, 11) is 4.63. The maximum atomic E-state index is 13.6. The van der Waals surface area contributed by atoms with E-state index in [1.807, 2.05) is 39.0 Å². The Labute approximate surface area is 234 Å². The zero-order valence-corrected chi connectivity index (χ0v) is 23.7. The lowest BCUT2D eigenvalue weighted by Crippen LogP contribution is -2.29. The Bertz CT molecular complexity index is 1430. The highest BCUT2D eigenvalue weighted by molar-refractivity contribution is 6.46. The summed E-state index contributed by atoms with van der Waals surface area (Å²) in [4.78, 5) is 28.5. The third-order valence-electron chi connectivity index (χ3n) is 6.98. The number of likely N-dealkylation sites (tertiary alicyclic amines) is 1. The molecule has 1 aliphatic heterocycles. The number of ether oxygens (including phenoxy) is 4. The average molecular weight is 546 g/mol. The first kappa shape index (κ1) is 28.5. The SMILES string of the molecule is CCOc1ccc(/C(O)=C2\C(=O)C(=O)N(Cc3ccc(OC)cc3)C2c2ccc(OC)c(OC)c2)cc1C(C)C. The van der Waals surface area contributed by atoms with Crippen LogP contribution in [0.25, 0.3) is 5.76 Å². The zero-order chi connectivity index (χ0) is 29.0. The molecule has 1 atom stereocenters. The highest BCUT2D eigenvalue weighted by Crippen LogP contribution is 2.43. The van der Waals surface area contributed by atoms with Gasteiger partial charge in [0.05, 0.1) is 39.6 Å². The molecule has 0 aromatic heterocycles. The molecule has 3 aromatic rings. The predicted molar refractivity (Wildman–Crippen MR) is 152 cm³/mol. The normalized spacial score (nSPS) is 16.4. The molecule has 0 saturated carbocycles. The van der Waals surface area contributed by atoms with Gasteiger partial charge in [-0.05, 0) is 72.0 Å².